The zero-order valence-electron chi connectivity index (χ0n) is 8.72. The summed E-state index contributed by atoms with van der Waals surface area (Å²) in [5.74, 6) is -0.178. The fourth-order valence-corrected chi connectivity index (χ4v) is 1.98. The third-order valence-corrected chi connectivity index (χ3v) is 2.98. The van der Waals surface area contributed by atoms with Crippen molar-refractivity contribution >= 4 is 5.97 Å². The molecule has 0 heterocycles. The van der Waals surface area contributed by atoms with E-state index >= 15 is 0 Å². The van der Waals surface area contributed by atoms with E-state index in [4.69, 9.17) is 0 Å². The molecule has 0 spiro atoms. The molecule has 1 fully saturated rings. The Labute approximate surface area is 79.8 Å². The van der Waals surface area contributed by atoms with Crippen LogP contribution in [0.15, 0.2) is 0 Å². The smallest absolute Gasteiger partial charge is 0.319 e. The van der Waals surface area contributed by atoms with Gasteiger partial charge in [-0.05, 0) is 18.3 Å². The maximum Gasteiger partial charge on any atom is 0.319 e. The first-order valence-electron chi connectivity index (χ1n) is 4.86. The Morgan fingerprint density at radius 1 is 1.62 bits per heavy atom. The second kappa shape index (κ2) is 4.09. The van der Waals surface area contributed by atoms with Gasteiger partial charge in [0.1, 0.15) is 0 Å². The quantitative estimate of drug-likeness (QED) is 0.674. The lowest BCUT2D eigenvalue weighted by Crippen LogP contribution is -2.40. The van der Waals surface area contributed by atoms with Crippen molar-refractivity contribution in [2.75, 3.05) is 13.7 Å². The summed E-state index contributed by atoms with van der Waals surface area (Å²) in [5.41, 5.74) is 0.327. The Kier molecular flexibility index (Phi) is 3.31. The molecule has 76 valence electrons. The first-order chi connectivity index (χ1) is 6.06. The first kappa shape index (κ1) is 10.5. The van der Waals surface area contributed by atoms with Crippen molar-refractivity contribution < 1.29 is 9.53 Å². The van der Waals surface area contributed by atoms with Gasteiger partial charge >= 0.3 is 5.97 Å². The molecule has 1 aliphatic carbocycles. The lowest BCUT2D eigenvalue weighted by atomic mass is 9.87. The van der Waals surface area contributed by atoms with E-state index in [0.717, 1.165) is 0 Å². The number of hydrogen-bond acceptors (Lipinski definition) is 3. The molecule has 0 amide bonds. The number of rotatable bonds is 3. The molecule has 1 unspecified atom stereocenters. The average Bonchev–Trinajstić information content (AvgIpc) is 2.41. The van der Waals surface area contributed by atoms with Gasteiger partial charge in [-0.3, -0.25) is 4.79 Å². The number of hydrogen-bond donors (Lipinski definition) is 1. The van der Waals surface area contributed by atoms with E-state index in [0.29, 0.717) is 18.0 Å². The van der Waals surface area contributed by atoms with E-state index in [-0.39, 0.29) is 5.97 Å². The standard InChI is InChI=1S/C10H19NO2/c1-10(2)6-4-5-8(10)11-7-9(12)13-3/h8,11H,4-7H2,1-3H3. The fourth-order valence-electron chi connectivity index (χ4n) is 1.98. The molecule has 0 bridgehead atoms. The predicted molar refractivity (Wildman–Crippen MR) is 51.4 cm³/mol. The molecule has 0 aromatic carbocycles. The topological polar surface area (TPSA) is 38.3 Å². The van der Waals surface area contributed by atoms with E-state index in [1.165, 1.54) is 26.4 Å². The van der Waals surface area contributed by atoms with Crippen LogP contribution in [0.5, 0.6) is 0 Å². The van der Waals surface area contributed by atoms with Gasteiger partial charge in [0.25, 0.3) is 0 Å². The molecule has 0 aliphatic heterocycles. The van der Waals surface area contributed by atoms with Crippen molar-refractivity contribution in [1.82, 2.24) is 5.32 Å². The highest BCUT2D eigenvalue weighted by Crippen LogP contribution is 2.36. The second-order valence-electron chi connectivity index (χ2n) is 4.39. The molecule has 13 heavy (non-hydrogen) atoms. The van der Waals surface area contributed by atoms with Gasteiger partial charge < -0.3 is 10.1 Å². The number of nitrogens with one attached hydrogen (secondary N) is 1. The van der Waals surface area contributed by atoms with Crippen LogP contribution < -0.4 is 5.32 Å². The Balaban J connectivity index is 2.33. The molecule has 1 saturated carbocycles. The normalized spacial score (nSPS) is 25.9. The van der Waals surface area contributed by atoms with Gasteiger partial charge in [-0.2, -0.15) is 0 Å². The molecule has 0 radical (unpaired) electrons. The molecule has 1 rings (SSSR count). The lowest BCUT2D eigenvalue weighted by Gasteiger charge is -2.27. The third kappa shape index (κ3) is 2.69. The minimum atomic E-state index is -0.178. The van der Waals surface area contributed by atoms with Crippen molar-refractivity contribution in [3.8, 4) is 0 Å². The SMILES string of the molecule is COC(=O)CNC1CCCC1(C)C. The monoisotopic (exact) mass is 185 g/mol. The van der Waals surface area contributed by atoms with E-state index in [1.54, 1.807) is 0 Å². The van der Waals surface area contributed by atoms with Crippen LogP contribution in [0, 0.1) is 5.41 Å². The zero-order valence-corrected chi connectivity index (χ0v) is 8.72. The lowest BCUT2D eigenvalue weighted by molar-refractivity contribution is -0.139. The van der Waals surface area contributed by atoms with Crippen LogP contribution >= 0.6 is 0 Å². The van der Waals surface area contributed by atoms with Crippen LogP contribution in [0.2, 0.25) is 0 Å². The Morgan fingerprint density at radius 2 is 2.31 bits per heavy atom. The van der Waals surface area contributed by atoms with E-state index < -0.39 is 0 Å². The number of carbonyl (C=O) groups excluding carboxylic acids is 1. The first-order valence-corrected chi connectivity index (χ1v) is 4.86. The summed E-state index contributed by atoms with van der Waals surface area (Å²) in [6, 6.07) is 0.464. The van der Waals surface area contributed by atoms with Crippen LogP contribution in [0.3, 0.4) is 0 Å². The number of esters is 1. The highest BCUT2D eigenvalue weighted by Gasteiger charge is 2.34. The van der Waals surface area contributed by atoms with E-state index in [2.05, 4.69) is 23.9 Å². The molecule has 0 saturated heterocycles. The van der Waals surface area contributed by atoms with Crippen molar-refractivity contribution in [2.24, 2.45) is 5.41 Å². The van der Waals surface area contributed by atoms with Gasteiger partial charge in [-0.15, -0.1) is 0 Å². The Morgan fingerprint density at radius 3 is 2.77 bits per heavy atom. The van der Waals surface area contributed by atoms with Gasteiger partial charge in [-0.25, -0.2) is 0 Å². The zero-order chi connectivity index (χ0) is 9.90. The maximum absolute atomic E-state index is 10.9. The van der Waals surface area contributed by atoms with E-state index in [1.807, 2.05) is 0 Å². The summed E-state index contributed by atoms with van der Waals surface area (Å²) >= 11 is 0. The van der Waals surface area contributed by atoms with Crippen LogP contribution in [0.4, 0.5) is 0 Å². The maximum atomic E-state index is 10.9. The highest BCUT2D eigenvalue weighted by atomic mass is 16.5. The molecular formula is C10H19NO2. The van der Waals surface area contributed by atoms with Gasteiger partial charge in [0.05, 0.1) is 13.7 Å². The summed E-state index contributed by atoms with van der Waals surface area (Å²) in [4.78, 5) is 10.9. The second-order valence-corrected chi connectivity index (χ2v) is 4.39. The van der Waals surface area contributed by atoms with Gasteiger partial charge in [0.2, 0.25) is 0 Å². The molecule has 3 heteroatoms. The summed E-state index contributed by atoms with van der Waals surface area (Å²) < 4.78 is 4.58. The molecule has 3 nitrogen and oxygen atoms in total. The van der Waals surface area contributed by atoms with Crippen LogP contribution in [0.25, 0.3) is 0 Å². The van der Waals surface area contributed by atoms with Crippen LogP contribution in [-0.4, -0.2) is 25.7 Å². The molecule has 1 atom stereocenters. The molecular weight excluding hydrogens is 166 g/mol. The largest absolute Gasteiger partial charge is 0.468 e. The molecule has 1 N–H and O–H groups in total. The van der Waals surface area contributed by atoms with Crippen LogP contribution in [-0.2, 0) is 9.53 Å². The minimum Gasteiger partial charge on any atom is -0.468 e. The summed E-state index contributed by atoms with van der Waals surface area (Å²) in [5, 5.41) is 3.25. The fraction of sp³-hybridized carbons (Fsp3) is 0.900. The molecule has 0 aromatic heterocycles. The molecule has 0 aromatic rings. The Hall–Kier alpha value is -0.570. The van der Waals surface area contributed by atoms with Crippen molar-refractivity contribution in [3.05, 3.63) is 0 Å². The van der Waals surface area contributed by atoms with Gasteiger partial charge in [-0.1, -0.05) is 20.3 Å². The van der Waals surface area contributed by atoms with Crippen LogP contribution in [0.1, 0.15) is 33.1 Å². The average molecular weight is 185 g/mol. The predicted octanol–water partition coefficient (Wildman–Crippen LogP) is 1.33. The number of carbonyl (C=O) groups is 1. The summed E-state index contributed by atoms with van der Waals surface area (Å²) in [6.45, 7) is 4.83. The highest BCUT2D eigenvalue weighted by molar-refractivity contribution is 5.71. The van der Waals surface area contributed by atoms with Crippen molar-refractivity contribution in [3.63, 3.8) is 0 Å². The van der Waals surface area contributed by atoms with E-state index in [9.17, 15) is 4.79 Å². The number of ether oxygens (including phenoxy) is 1. The number of methoxy groups -OCH3 is 1. The van der Waals surface area contributed by atoms with Crippen molar-refractivity contribution in [1.29, 1.82) is 0 Å². The summed E-state index contributed by atoms with van der Waals surface area (Å²) in [7, 11) is 1.42. The minimum absolute atomic E-state index is 0.178. The summed E-state index contributed by atoms with van der Waals surface area (Å²) in [6.07, 6.45) is 3.67. The third-order valence-electron chi connectivity index (χ3n) is 2.98. The van der Waals surface area contributed by atoms with Crippen molar-refractivity contribution in [2.45, 2.75) is 39.2 Å². The molecule has 1 aliphatic rings. The van der Waals surface area contributed by atoms with Gasteiger partial charge in [0, 0.05) is 6.04 Å². The van der Waals surface area contributed by atoms with Gasteiger partial charge in [0.15, 0.2) is 0 Å². The Bertz CT molecular complexity index is 189.